The second kappa shape index (κ2) is 5.48. The maximum Gasteiger partial charge on any atom is 0.263 e. The van der Waals surface area contributed by atoms with Crippen molar-refractivity contribution >= 4 is 27.9 Å². The number of carbonyl (C=O) groups is 1. The molecule has 1 aromatic heterocycles. The zero-order chi connectivity index (χ0) is 13.1. The number of nitrogens with one attached hydrogen (secondary N) is 2. The van der Waals surface area contributed by atoms with E-state index < -0.39 is 0 Å². The summed E-state index contributed by atoms with van der Waals surface area (Å²) in [5, 5.41) is 7.01. The molecule has 6 heteroatoms. The Morgan fingerprint density at radius 3 is 2.78 bits per heavy atom. The second-order valence-electron chi connectivity index (χ2n) is 4.34. The van der Waals surface area contributed by atoms with Crippen molar-refractivity contribution in [3.05, 3.63) is 4.88 Å². The van der Waals surface area contributed by atoms with E-state index in [1.807, 2.05) is 6.92 Å². The van der Waals surface area contributed by atoms with Crippen molar-refractivity contribution in [2.75, 3.05) is 24.7 Å². The van der Waals surface area contributed by atoms with Crippen LogP contribution in [0.4, 0.5) is 10.7 Å². The molecular weight excluding hydrogens is 250 g/mol. The maximum atomic E-state index is 11.9. The van der Waals surface area contributed by atoms with E-state index >= 15 is 0 Å². The lowest BCUT2D eigenvalue weighted by atomic mass is 9.93. The first-order valence-electron chi connectivity index (χ1n) is 6.18. The Kier molecular flexibility index (Phi) is 3.96. The predicted molar refractivity (Wildman–Crippen MR) is 74.6 cm³/mol. The van der Waals surface area contributed by atoms with Crippen molar-refractivity contribution in [3.8, 4) is 5.75 Å². The molecule has 1 amide bonds. The summed E-state index contributed by atoms with van der Waals surface area (Å²) in [5.41, 5.74) is 6.39. The number of rotatable bonds is 5. The first kappa shape index (κ1) is 13.0. The second-order valence-corrected chi connectivity index (χ2v) is 5.36. The van der Waals surface area contributed by atoms with Crippen LogP contribution in [0.15, 0.2) is 0 Å². The summed E-state index contributed by atoms with van der Waals surface area (Å²) in [7, 11) is 1.58. The van der Waals surface area contributed by atoms with E-state index in [1.54, 1.807) is 7.11 Å². The molecule has 1 aliphatic rings. The summed E-state index contributed by atoms with van der Waals surface area (Å²) < 4.78 is 5.30. The molecule has 5 nitrogen and oxygen atoms in total. The van der Waals surface area contributed by atoms with Crippen LogP contribution in [0, 0.1) is 0 Å². The van der Waals surface area contributed by atoms with Gasteiger partial charge >= 0.3 is 0 Å². The molecule has 0 spiro atoms. The smallest absolute Gasteiger partial charge is 0.263 e. The number of hydrogen-bond donors (Lipinski definition) is 3. The van der Waals surface area contributed by atoms with Gasteiger partial charge in [0.15, 0.2) is 5.75 Å². The van der Waals surface area contributed by atoms with Gasteiger partial charge in [-0.1, -0.05) is 0 Å². The minimum absolute atomic E-state index is 0.139. The summed E-state index contributed by atoms with van der Waals surface area (Å²) in [4.78, 5) is 12.4. The molecule has 0 bridgehead atoms. The Labute approximate surface area is 111 Å². The molecule has 1 saturated carbocycles. The van der Waals surface area contributed by atoms with Gasteiger partial charge in [0.2, 0.25) is 0 Å². The zero-order valence-corrected chi connectivity index (χ0v) is 11.5. The van der Waals surface area contributed by atoms with Gasteiger partial charge in [0.05, 0.1) is 7.11 Å². The molecule has 18 heavy (non-hydrogen) atoms. The van der Waals surface area contributed by atoms with Crippen molar-refractivity contribution in [3.63, 3.8) is 0 Å². The van der Waals surface area contributed by atoms with Gasteiger partial charge < -0.3 is 21.1 Å². The molecule has 0 aromatic carbocycles. The van der Waals surface area contributed by atoms with Crippen molar-refractivity contribution in [2.24, 2.45) is 0 Å². The van der Waals surface area contributed by atoms with Crippen molar-refractivity contribution < 1.29 is 9.53 Å². The van der Waals surface area contributed by atoms with Gasteiger partial charge in [-0.3, -0.25) is 4.79 Å². The molecule has 0 saturated heterocycles. The first-order chi connectivity index (χ1) is 8.67. The fourth-order valence-electron chi connectivity index (χ4n) is 1.87. The fraction of sp³-hybridized carbons (Fsp3) is 0.583. The highest BCUT2D eigenvalue weighted by Crippen LogP contribution is 2.43. The number of carbonyl (C=O) groups excluding carboxylic acids is 1. The minimum Gasteiger partial charge on any atom is -0.492 e. The van der Waals surface area contributed by atoms with Crippen LogP contribution in [0.25, 0.3) is 0 Å². The van der Waals surface area contributed by atoms with Crippen molar-refractivity contribution in [2.45, 2.75) is 32.2 Å². The quantitative estimate of drug-likeness (QED) is 0.764. The Morgan fingerprint density at radius 1 is 1.56 bits per heavy atom. The maximum absolute atomic E-state index is 11.9. The highest BCUT2D eigenvalue weighted by atomic mass is 32.1. The first-order valence-corrected chi connectivity index (χ1v) is 7.00. The molecule has 0 unspecified atom stereocenters. The number of methoxy groups -OCH3 is 1. The molecule has 1 heterocycles. The lowest BCUT2D eigenvalue weighted by molar-refractivity contribution is 0.0960. The van der Waals surface area contributed by atoms with E-state index in [9.17, 15) is 4.79 Å². The summed E-state index contributed by atoms with van der Waals surface area (Å²) in [6, 6.07) is 0.485. The molecule has 0 atom stereocenters. The van der Waals surface area contributed by atoms with Crippen LogP contribution in [0.1, 0.15) is 35.9 Å². The SMILES string of the molecule is CCNC(=O)c1sc(NC2CCC2)c(OC)c1N. The van der Waals surface area contributed by atoms with Crippen LogP contribution in [-0.2, 0) is 0 Å². The van der Waals surface area contributed by atoms with E-state index in [-0.39, 0.29) is 5.91 Å². The molecule has 4 N–H and O–H groups in total. The molecular formula is C12H19N3O2S. The highest BCUT2D eigenvalue weighted by Gasteiger charge is 2.25. The third-order valence-electron chi connectivity index (χ3n) is 3.09. The van der Waals surface area contributed by atoms with Gasteiger partial charge in [-0.05, 0) is 26.2 Å². The predicted octanol–water partition coefficient (Wildman–Crippen LogP) is 2.05. The van der Waals surface area contributed by atoms with Gasteiger partial charge in [0, 0.05) is 12.6 Å². The Morgan fingerprint density at radius 2 is 2.28 bits per heavy atom. The Hall–Kier alpha value is -1.43. The van der Waals surface area contributed by atoms with E-state index in [4.69, 9.17) is 10.5 Å². The summed E-state index contributed by atoms with van der Waals surface area (Å²) >= 11 is 1.36. The number of amides is 1. The van der Waals surface area contributed by atoms with Crippen LogP contribution in [0.3, 0.4) is 0 Å². The molecule has 1 aromatic rings. The molecule has 2 rings (SSSR count). The minimum atomic E-state index is -0.139. The number of nitrogen functional groups attached to an aromatic ring is 1. The van der Waals surface area contributed by atoms with Gasteiger partial charge in [0.25, 0.3) is 5.91 Å². The van der Waals surface area contributed by atoms with Crippen molar-refractivity contribution in [1.29, 1.82) is 0 Å². The van der Waals surface area contributed by atoms with Gasteiger partial charge in [-0.15, -0.1) is 11.3 Å². The van der Waals surface area contributed by atoms with Crippen LogP contribution in [0.2, 0.25) is 0 Å². The number of nitrogens with two attached hydrogens (primary N) is 1. The van der Waals surface area contributed by atoms with Crippen LogP contribution in [-0.4, -0.2) is 25.6 Å². The summed E-state index contributed by atoms with van der Waals surface area (Å²) in [6.45, 7) is 2.47. The van der Waals surface area contributed by atoms with Crippen LogP contribution < -0.4 is 21.1 Å². The lowest BCUT2D eigenvalue weighted by Crippen LogP contribution is -2.26. The number of hydrogen-bond acceptors (Lipinski definition) is 5. The van der Waals surface area contributed by atoms with Crippen molar-refractivity contribution in [1.82, 2.24) is 5.32 Å². The molecule has 0 aliphatic heterocycles. The number of thiophene rings is 1. The Balaban J connectivity index is 2.22. The molecule has 0 radical (unpaired) electrons. The van der Waals surface area contributed by atoms with Gasteiger partial charge in [-0.25, -0.2) is 0 Å². The molecule has 1 aliphatic carbocycles. The summed E-state index contributed by atoms with van der Waals surface area (Å²) in [5.74, 6) is 0.452. The van der Waals surface area contributed by atoms with Gasteiger partial charge in [0.1, 0.15) is 15.6 Å². The third kappa shape index (κ3) is 2.38. The summed E-state index contributed by atoms with van der Waals surface area (Å²) in [6.07, 6.45) is 3.58. The molecule has 1 fully saturated rings. The van der Waals surface area contributed by atoms with Gasteiger partial charge in [-0.2, -0.15) is 0 Å². The normalized spacial score (nSPS) is 15.0. The average molecular weight is 269 g/mol. The standard InChI is InChI=1S/C12H19N3O2S/c1-3-14-11(16)10-8(13)9(17-2)12(18-10)15-7-5-4-6-7/h7,15H,3-6,13H2,1-2H3,(H,14,16). The van der Waals surface area contributed by atoms with E-state index in [0.29, 0.717) is 28.9 Å². The van der Waals surface area contributed by atoms with E-state index in [1.165, 1.54) is 17.8 Å². The van der Waals surface area contributed by atoms with Crippen LogP contribution in [0.5, 0.6) is 5.75 Å². The van der Waals surface area contributed by atoms with E-state index in [0.717, 1.165) is 17.8 Å². The Bertz CT molecular complexity index is 441. The average Bonchev–Trinajstić information content (AvgIpc) is 2.60. The van der Waals surface area contributed by atoms with E-state index in [2.05, 4.69) is 10.6 Å². The fourth-order valence-corrected chi connectivity index (χ4v) is 2.96. The monoisotopic (exact) mass is 269 g/mol. The zero-order valence-electron chi connectivity index (χ0n) is 10.7. The topological polar surface area (TPSA) is 76.4 Å². The highest BCUT2D eigenvalue weighted by molar-refractivity contribution is 7.19. The molecule has 100 valence electrons. The van der Waals surface area contributed by atoms with Crippen LogP contribution >= 0.6 is 11.3 Å². The number of ether oxygens (including phenoxy) is 1. The third-order valence-corrected chi connectivity index (χ3v) is 4.20. The number of anilines is 2. The largest absolute Gasteiger partial charge is 0.492 e. The lowest BCUT2D eigenvalue weighted by Gasteiger charge is -2.26.